The van der Waals surface area contributed by atoms with E-state index in [9.17, 15) is 4.79 Å². The Morgan fingerprint density at radius 1 is 1.43 bits per heavy atom. The van der Waals surface area contributed by atoms with E-state index in [1.165, 1.54) is 0 Å². The molecule has 0 saturated heterocycles. The van der Waals surface area contributed by atoms with Crippen LogP contribution in [0.15, 0.2) is 27.8 Å². The zero-order chi connectivity index (χ0) is 15.3. The van der Waals surface area contributed by atoms with Gasteiger partial charge < -0.3 is 20.4 Å². The molecule has 1 aromatic heterocycles. The molecular formula is C15H24N4O2. The maximum Gasteiger partial charge on any atom is 0.242 e. The molecule has 1 saturated carbocycles. The fourth-order valence-corrected chi connectivity index (χ4v) is 1.77. The number of nitrogens with zero attached hydrogens (tertiary/aromatic N) is 1. The SMILES string of the molecule is CC(C)(C)NC(=O)CN=C(NCc1ccco1)NC1CC1. The minimum absolute atomic E-state index is 0.0857. The molecule has 3 N–H and O–H groups in total. The molecular weight excluding hydrogens is 268 g/mol. The fraction of sp³-hybridized carbons (Fsp3) is 0.600. The van der Waals surface area contributed by atoms with Crippen LogP contribution in [0, 0.1) is 0 Å². The molecule has 1 aromatic rings. The Morgan fingerprint density at radius 2 is 2.19 bits per heavy atom. The minimum atomic E-state index is -0.238. The van der Waals surface area contributed by atoms with Crippen LogP contribution >= 0.6 is 0 Å². The number of carbonyl (C=O) groups excluding carboxylic acids is 1. The molecule has 0 bridgehead atoms. The molecule has 2 rings (SSSR count). The Morgan fingerprint density at radius 3 is 2.76 bits per heavy atom. The number of furan rings is 1. The van der Waals surface area contributed by atoms with Gasteiger partial charge in [0.25, 0.3) is 0 Å². The summed E-state index contributed by atoms with van der Waals surface area (Å²) < 4.78 is 5.27. The van der Waals surface area contributed by atoms with E-state index >= 15 is 0 Å². The van der Waals surface area contributed by atoms with Gasteiger partial charge in [0.2, 0.25) is 5.91 Å². The van der Waals surface area contributed by atoms with E-state index in [2.05, 4.69) is 20.9 Å². The number of carbonyl (C=O) groups is 1. The quantitative estimate of drug-likeness (QED) is 0.566. The van der Waals surface area contributed by atoms with Gasteiger partial charge in [0.05, 0.1) is 12.8 Å². The summed E-state index contributed by atoms with van der Waals surface area (Å²) in [6.07, 6.45) is 3.93. The summed E-state index contributed by atoms with van der Waals surface area (Å²) >= 11 is 0. The third-order valence-electron chi connectivity index (χ3n) is 2.82. The highest BCUT2D eigenvalue weighted by Crippen LogP contribution is 2.18. The van der Waals surface area contributed by atoms with Gasteiger partial charge in [-0.3, -0.25) is 4.79 Å². The van der Waals surface area contributed by atoms with Crippen molar-refractivity contribution in [2.45, 2.75) is 51.7 Å². The maximum atomic E-state index is 11.8. The molecule has 116 valence electrons. The smallest absolute Gasteiger partial charge is 0.242 e. The molecule has 0 aliphatic heterocycles. The van der Waals surface area contributed by atoms with Crippen molar-refractivity contribution in [3.05, 3.63) is 24.2 Å². The van der Waals surface area contributed by atoms with E-state index in [1.54, 1.807) is 6.26 Å². The Hall–Kier alpha value is -1.98. The van der Waals surface area contributed by atoms with Crippen molar-refractivity contribution in [2.75, 3.05) is 6.54 Å². The highest BCUT2D eigenvalue weighted by atomic mass is 16.3. The van der Waals surface area contributed by atoms with E-state index in [-0.39, 0.29) is 18.0 Å². The Labute approximate surface area is 125 Å². The molecule has 1 heterocycles. The summed E-state index contributed by atoms with van der Waals surface area (Å²) in [6, 6.07) is 4.21. The van der Waals surface area contributed by atoms with E-state index in [4.69, 9.17) is 4.42 Å². The van der Waals surface area contributed by atoms with Crippen LogP contribution in [-0.4, -0.2) is 30.0 Å². The molecule has 1 aliphatic carbocycles. The first-order valence-corrected chi connectivity index (χ1v) is 7.30. The van der Waals surface area contributed by atoms with Crippen LogP contribution in [0.3, 0.4) is 0 Å². The first kappa shape index (κ1) is 15.4. The van der Waals surface area contributed by atoms with Crippen molar-refractivity contribution < 1.29 is 9.21 Å². The Kier molecular flexibility index (Phi) is 4.88. The van der Waals surface area contributed by atoms with Gasteiger partial charge in [0.1, 0.15) is 12.3 Å². The Bertz CT molecular complexity index is 484. The predicted molar refractivity (Wildman–Crippen MR) is 81.9 cm³/mol. The lowest BCUT2D eigenvalue weighted by Gasteiger charge is -2.20. The second-order valence-electron chi connectivity index (χ2n) is 6.31. The summed E-state index contributed by atoms with van der Waals surface area (Å²) in [5, 5.41) is 9.36. The summed E-state index contributed by atoms with van der Waals surface area (Å²) in [6.45, 7) is 6.51. The second kappa shape index (κ2) is 6.65. The normalized spacial score (nSPS) is 15.7. The largest absolute Gasteiger partial charge is 0.467 e. The lowest BCUT2D eigenvalue weighted by Crippen LogP contribution is -2.43. The average molecular weight is 292 g/mol. The van der Waals surface area contributed by atoms with E-state index < -0.39 is 0 Å². The third kappa shape index (κ3) is 6.33. The van der Waals surface area contributed by atoms with Crippen LogP contribution in [0.1, 0.15) is 39.4 Å². The van der Waals surface area contributed by atoms with Crippen LogP contribution in [-0.2, 0) is 11.3 Å². The van der Waals surface area contributed by atoms with Crippen molar-refractivity contribution in [1.29, 1.82) is 0 Å². The van der Waals surface area contributed by atoms with Gasteiger partial charge in [-0.15, -0.1) is 0 Å². The predicted octanol–water partition coefficient (Wildman–Crippen LogP) is 1.39. The maximum absolute atomic E-state index is 11.8. The number of aliphatic imine (C=N–C) groups is 1. The van der Waals surface area contributed by atoms with E-state index in [0.29, 0.717) is 18.5 Å². The fourth-order valence-electron chi connectivity index (χ4n) is 1.77. The first-order chi connectivity index (χ1) is 9.92. The minimum Gasteiger partial charge on any atom is -0.467 e. The van der Waals surface area contributed by atoms with Crippen LogP contribution in [0.4, 0.5) is 0 Å². The summed E-state index contributed by atoms with van der Waals surface area (Å²) in [5.74, 6) is 1.40. The first-order valence-electron chi connectivity index (χ1n) is 7.30. The van der Waals surface area contributed by atoms with Crippen LogP contribution in [0.25, 0.3) is 0 Å². The van der Waals surface area contributed by atoms with Gasteiger partial charge in [-0.25, -0.2) is 4.99 Å². The third-order valence-corrected chi connectivity index (χ3v) is 2.82. The van der Waals surface area contributed by atoms with Crippen LogP contribution < -0.4 is 16.0 Å². The van der Waals surface area contributed by atoms with Crippen molar-refractivity contribution in [1.82, 2.24) is 16.0 Å². The molecule has 0 spiro atoms. The molecule has 6 nitrogen and oxygen atoms in total. The van der Waals surface area contributed by atoms with Crippen molar-refractivity contribution >= 4 is 11.9 Å². The van der Waals surface area contributed by atoms with Crippen LogP contribution in [0.5, 0.6) is 0 Å². The zero-order valence-corrected chi connectivity index (χ0v) is 12.9. The van der Waals surface area contributed by atoms with Crippen LogP contribution in [0.2, 0.25) is 0 Å². The van der Waals surface area contributed by atoms with Crippen molar-refractivity contribution in [2.24, 2.45) is 4.99 Å². The summed E-state index contributed by atoms with van der Waals surface area (Å²) in [5.41, 5.74) is -0.238. The van der Waals surface area contributed by atoms with E-state index in [1.807, 2.05) is 32.9 Å². The molecule has 0 atom stereocenters. The second-order valence-corrected chi connectivity index (χ2v) is 6.31. The number of amides is 1. The topological polar surface area (TPSA) is 78.7 Å². The zero-order valence-electron chi connectivity index (χ0n) is 12.9. The standard InChI is InChI=1S/C15H24N4O2/c1-15(2,3)19-13(20)10-17-14(18-11-6-7-11)16-9-12-5-4-8-21-12/h4-5,8,11H,6-7,9-10H2,1-3H3,(H,19,20)(H2,16,17,18). The van der Waals surface area contributed by atoms with Gasteiger partial charge in [0, 0.05) is 11.6 Å². The number of hydrogen-bond donors (Lipinski definition) is 3. The monoisotopic (exact) mass is 292 g/mol. The van der Waals surface area contributed by atoms with Crippen molar-refractivity contribution in [3.8, 4) is 0 Å². The molecule has 1 fully saturated rings. The van der Waals surface area contributed by atoms with Gasteiger partial charge >= 0.3 is 0 Å². The lowest BCUT2D eigenvalue weighted by molar-refractivity contribution is -0.121. The molecule has 0 aromatic carbocycles. The lowest BCUT2D eigenvalue weighted by atomic mass is 10.1. The van der Waals surface area contributed by atoms with Gasteiger partial charge in [-0.05, 0) is 45.7 Å². The molecule has 1 amide bonds. The molecule has 6 heteroatoms. The number of guanidine groups is 1. The molecule has 1 aliphatic rings. The van der Waals surface area contributed by atoms with Crippen molar-refractivity contribution in [3.63, 3.8) is 0 Å². The average Bonchev–Trinajstić information content (AvgIpc) is 3.03. The number of hydrogen-bond acceptors (Lipinski definition) is 3. The van der Waals surface area contributed by atoms with Gasteiger partial charge in [-0.1, -0.05) is 0 Å². The van der Waals surface area contributed by atoms with Gasteiger partial charge in [0.15, 0.2) is 5.96 Å². The highest BCUT2D eigenvalue weighted by Gasteiger charge is 2.22. The summed E-state index contributed by atoms with van der Waals surface area (Å²) in [4.78, 5) is 16.1. The van der Waals surface area contributed by atoms with Gasteiger partial charge in [-0.2, -0.15) is 0 Å². The molecule has 0 radical (unpaired) electrons. The highest BCUT2D eigenvalue weighted by molar-refractivity contribution is 5.85. The number of nitrogens with one attached hydrogen (secondary N) is 3. The molecule has 21 heavy (non-hydrogen) atoms. The number of rotatable bonds is 5. The Balaban J connectivity index is 1.85. The summed E-state index contributed by atoms with van der Waals surface area (Å²) in [7, 11) is 0. The van der Waals surface area contributed by atoms with E-state index in [0.717, 1.165) is 18.6 Å². The molecule has 0 unspecified atom stereocenters.